The lowest BCUT2D eigenvalue weighted by atomic mass is 10.1. The van der Waals surface area contributed by atoms with Gasteiger partial charge in [0.15, 0.2) is 5.13 Å². The Labute approximate surface area is 112 Å². The van der Waals surface area contributed by atoms with Crippen molar-refractivity contribution in [3.05, 3.63) is 22.7 Å². The zero-order valence-corrected chi connectivity index (χ0v) is 11.7. The average Bonchev–Trinajstić information content (AvgIpc) is 2.71. The van der Waals surface area contributed by atoms with Gasteiger partial charge in [-0.25, -0.2) is 4.98 Å². The Morgan fingerprint density at radius 1 is 1.35 bits per heavy atom. The predicted molar refractivity (Wildman–Crippen MR) is 74.8 cm³/mol. The van der Waals surface area contributed by atoms with Gasteiger partial charge in [-0.15, -0.1) is 0 Å². The highest BCUT2D eigenvalue weighted by Gasteiger charge is 2.15. The molecule has 2 aromatic rings. The third-order valence-electron chi connectivity index (χ3n) is 2.90. The monoisotopic (exact) mass is 312 g/mol. The Morgan fingerprint density at radius 3 is 3.00 bits per heavy atom. The smallest absolute Gasteiger partial charge is 0.184 e. The minimum Gasteiger partial charge on any atom is -0.381 e. The highest BCUT2D eigenvalue weighted by atomic mass is 79.9. The van der Waals surface area contributed by atoms with E-state index in [2.05, 4.69) is 44.4 Å². The van der Waals surface area contributed by atoms with Gasteiger partial charge in [0, 0.05) is 23.7 Å². The minimum absolute atomic E-state index is 0.507. The fraction of sp³-hybridized carbons (Fsp3) is 0.417. The summed E-state index contributed by atoms with van der Waals surface area (Å²) in [7, 11) is 0. The summed E-state index contributed by atoms with van der Waals surface area (Å²) in [6, 6.07) is 6.72. The summed E-state index contributed by atoms with van der Waals surface area (Å²) < 4.78 is 7.65. The molecular weight excluding hydrogens is 300 g/mol. The molecule has 0 radical (unpaired) electrons. The summed E-state index contributed by atoms with van der Waals surface area (Å²) in [4.78, 5) is 4.60. The molecule has 0 atom stereocenters. The van der Waals surface area contributed by atoms with E-state index in [4.69, 9.17) is 4.74 Å². The first-order valence-electron chi connectivity index (χ1n) is 5.71. The molecule has 3 nitrogen and oxygen atoms in total. The Hall–Kier alpha value is -0.650. The van der Waals surface area contributed by atoms with E-state index in [1.807, 2.05) is 0 Å². The molecule has 0 unspecified atom stereocenters. The van der Waals surface area contributed by atoms with E-state index in [1.54, 1.807) is 11.3 Å². The van der Waals surface area contributed by atoms with E-state index in [-0.39, 0.29) is 0 Å². The molecule has 1 aromatic carbocycles. The second kappa shape index (κ2) is 4.92. The molecule has 1 aliphatic rings. The lowest BCUT2D eigenvalue weighted by Gasteiger charge is -2.22. The fourth-order valence-corrected chi connectivity index (χ4v) is 3.25. The molecule has 90 valence electrons. The number of benzene rings is 1. The third-order valence-corrected chi connectivity index (χ3v) is 4.36. The van der Waals surface area contributed by atoms with Gasteiger partial charge in [0.05, 0.1) is 10.2 Å². The van der Waals surface area contributed by atoms with Gasteiger partial charge in [-0.2, -0.15) is 0 Å². The SMILES string of the molecule is Brc1ccc2sc(NC3CCOCC3)nc2c1. The second-order valence-electron chi connectivity index (χ2n) is 4.16. The van der Waals surface area contributed by atoms with Crippen LogP contribution in [0.4, 0.5) is 5.13 Å². The van der Waals surface area contributed by atoms with Crippen LogP contribution in [0.1, 0.15) is 12.8 Å². The van der Waals surface area contributed by atoms with Gasteiger partial charge in [-0.05, 0) is 31.0 Å². The molecule has 1 saturated heterocycles. The zero-order valence-electron chi connectivity index (χ0n) is 9.28. The van der Waals surface area contributed by atoms with Crippen LogP contribution in [0.15, 0.2) is 22.7 Å². The average molecular weight is 313 g/mol. The first kappa shape index (κ1) is 11.4. The molecule has 17 heavy (non-hydrogen) atoms. The van der Waals surface area contributed by atoms with Crippen molar-refractivity contribution in [3.63, 3.8) is 0 Å². The van der Waals surface area contributed by atoms with E-state index in [1.165, 1.54) is 4.70 Å². The van der Waals surface area contributed by atoms with Crippen molar-refractivity contribution in [2.45, 2.75) is 18.9 Å². The molecule has 0 amide bonds. The Kier molecular flexibility index (Phi) is 3.31. The quantitative estimate of drug-likeness (QED) is 0.919. The number of thiazole rings is 1. The molecule has 0 aliphatic carbocycles. The van der Waals surface area contributed by atoms with Crippen LogP contribution >= 0.6 is 27.3 Å². The Morgan fingerprint density at radius 2 is 2.18 bits per heavy atom. The summed E-state index contributed by atoms with van der Waals surface area (Å²) in [5, 5.41) is 4.52. The first-order valence-corrected chi connectivity index (χ1v) is 7.32. The van der Waals surface area contributed by atoms with Crippen LogP contribution in [0.3, 0.4) is 0 Å². The number of nitrogens with one attached hydrogen (secondary N) is 1. The molecule has 2 heterocycles. The lowest BCUT2D eigenvalue weighted by molar-refractivity contribution is 0.0904. The number of hydrogen-bond donors (Lipinski definition) is 1. The van der Waals surface area contributed by atoms with Gasteiger partial charge in [-0.3, -0.25) is 0 Å². The first-order chi connectivity index (χ1) is 8.31. The van der Waals surface area contributed by atoms with Crippen LogP contribution in [0.25, 0.3) is 10.2 Å². The number of halogens is 1. The summed E-state index contributed by atoms with van der Waals surface area (Å²) in [5.41, 5.74) is 1.05. The molecule has 1 aliphatic heterocycles. The molecular formula is C12H13BrN2OS. The van der Waals surface area contributed by atoms with Crippen molar-refractivity contribution in [1.29, 1.82) is 0 Å². The van der Waals surface area contributed by atoms with E-state index >= 15 is 0 Å². The molecule has 1 aromatic heterocycles. The topological polar surface area (TPSA) is 34.1 Å². The summed E-state index contributed by atoms with van der Waals surface area (Å²) in [6.45, 7) is 1.71. The van der Waals surface area contributed by atoms with Crippen molar-refractivity contribution >= 4 is 42.6 Å². The lowest BCUT2D eigenvalue weighted by Crippen LogP contribution is -2.27. The Balaban J connectivity index is 1.80. The number of fused-ring (bicyclic) bond motifs is 1. The normalized spacial score (nSPS) is 17.5. The van der Waals surface area contributed by atoms with E-state index in [0.717, 1.165) is 41.2 Å². The van der Waals surface area contributed by atoms with Crippen molar-refractivity contribution in [1.82, 2.24) is 4.98 Å². The molecule has 0 spiro atoms. The minimum atomic E-state index is 0.507. The number of aromatic nitrogens is 1. The van der Waals surface area contributed by atoms with Crippen molar-refractivity contribution in [2.75, 3.05) is 18.5 Å². The highest BCUT2D eigenvalue weighted by Crippen LogP contribution is 2.29. The van der Waals surface area contributed by atoms with Gasteiger partial charge in [0.1, 0.15) is 0 Å². The number of anilines is 1. The molecule has 3 rings (SSSR count). The number of hydrogen-bond acceptors (Lipinski definition) is 4. The largest absolute Gasteiger partial charge is 0.381 e. The maximum atomic E-state index is 5.35. The number of rotatable bonds is 2. The van der Waals surface area contributed by atoms with Crippen LogP contribution in [-0.2, 0) is 4.74 Å². The second-order valence-corrected chi connectivity index (χ2v) is 6.11. The standard InChI is InChI=1S/C12H13BrN2OS/c13-8-1-2-11-10(7-8)15-12(17-11)14-9-3-5-16-6-4-9/h1-2,7,9H,3-6H2,(H,14,15). The summed E-state index contributed by atoms with van der Waals surface area (Å²) in [6.07, 6.45) is 2.14. The molecule has 5 heteroatoms. The highest BCUT2D eigenvalue weighted by molar-refractivity contribution is 9.10. The fourth-order valence-electron chi connectivity index (χ4n) is 1.98. The third kappa shape index (κ3) is 2.61. The summed E-state index contributed by atoms with van der Waals surface area (Å²) >= 11 is 5.18. The van der Waals surface area contributed by atoms with Crippen LogP contribution in [0.2, 0.25) is 0 Å². The van der Waals surface area contributed by atoms with Crippen LogP contribution in [-0.4, -0.2) is 24.2 Å². The zero-order chi connectivity index (χ0) is 11.7. The van der Waals surface area contributed by atoms with E-state index in [9.17, 15) is 0 Å². The predicted octanol–water partition coefficient (Wildman–Crippen LogP) is 3.65. The molecule has 1 fully saturated rings. The van der Waals surface area contributed by atoms with Crippen LogP contribution in [0, 0.1) is 0 Å². The van der Waals surface area contributed by atoms with Crippen molar-refractivity contribution < 1.29 is 4.74 Å². The van der Waals surface area contributed by atoms with Crippen LogP contribution in [0.5, 0.6) is 0 Å². The van der Waals surface area contributed by atoms with E-state index in [0.29, 0.717) is 6.04 Å². The van der Waals surface area contributed by atoms with Crippen LogP contribution < -0.4 is 5.32 Å². The van der Waals surface area contributed by atoms with Gasteiger partial charge >= 0.3 is 0 Å². The maximum absolute atomic E-state index is 5.35. The van der Waals surface area contributed by atoms with Gasteiger partial charge in [-0.1, -0.05) is 27.3 Å². The number of ether oxygens (including phenoxy) is 1. The Bertz CT molecular complexity index is 522. The molecule has 0 bridgehead atoms. The summed E-state index contributed by atoms with van der Waals surface area (Å²) in [5.74, 6) is 0. The molecule has 0 saturated carbocycles. The van der Waals surface area contributed by atoms with E-state index < -0.39 is 0 Å². The van der Waals surface area contributed by atoms with Gasteiger partial charge in [0.25, 0.3) is 0 Å². The van der Waals surface area contributed by atoms with Crippen molar-refractivity contribution in [2.24, 2.45) is 0 Å². The molecule has 1 N–H and O–H groups in total. The van der Waals surface area contributed by atoms with Crippen molar-refractivity contribution in [3.8, 4) is 0 Å². The number of nitrogens with zero attached hydrogens (tertiary/aromatic N) is 1. The maximum Gasteiger partial charge on any atom is 0.184 e. The van der Waals surface area contributed by atoms with Gasteiger partial charge < -0.3 is 10.1 Å². The van der Waals surface area contributed by atoms with Gasteiger partial charge in [0.2, 0.25) is 0 Å².